The predicted octanol–water partition coefficient (Wildman–Crippen LogP) is 3.09. The summed E-state index contributed by atoms with van der Waals surface area (Å²) in [4.78, 5) is 8.11. The second-order valence-electron chi connectivity index (χ2n) is 4.84. The van der Waals surface area contributed by atoms with Crippen LogP contribution in [0.15, 0.2) is 0 Å². The zero-order valence-corrected chi connectivity index (χ0v) is 13.0. The summed E-state index contributed by atoms with van der Waals surface area (Å²) in [7, 11) is 2.13. The number of thiazole rings is 1. The maximum absolute atomic E-state index is 10.0. The molecule has 1 aliphatic rings. The SMILES string of the molecule is CCC(CSC)N(C)c1nc2c(s1)C(O)CCC2. The smallest absolute Gasteiger partial charge is 0.185 e. The van der Waals surface area contributed by atoms with Crippen LogP contribution in [0.2, 0.25) is 0 Å². The molecule has 2 rings (SSSR count). The van der Waals surface area contributed by atoms with Crippen molar-refractivity contribution in [3.63, 3.8) is 0 Å². The van der Waals surface area contributed by atoms with Crippen LogP contribution in [-0.4, -0.2) is 35.2 Å². The standard InChI is InChI=1S/C13H22N2OS2/c1-4-9(8-17-3)15(2)13-14-10-6-5-7-11(16)12(10)18-13/h9,11,16H,4-8H2,1-3H3. The summed E-state index contributed by atoms with van der Waals surface area (Å²) in [5, 5.41) is 11.1. The molecule has 0 amide bonds. The minimum Gasteiger partial charge on any atom is -0.388 e. The second-order valence-corrected chi connectivity index (χ2v) is 6.76. The molecule has 102 valence electrons. The van der Waals surface area contributed by atoms with E-state index in [1.54, 1.807) is 11.3 Å². The quantitative estimate of drug-likeness (QED) is 0.902. The topological polar surface area (TPSA) is 36.4 Å². The van der Waals surface area contributed by atoms with Gasteiger partial charge in [0.25, 0.3) is 0 Å². The fourth-order valence-electron chi connectivity index (χ4n) is 2.39. The van der Waals surface area contributed by atoms with Gasteiger partial charge in [0, 0.05) is 18.8 Å². The fraction of sp³-hybridized carbons (Fsp3) is 0.769. The largest absolute Gasteiger partial charge is 0.388 e. The summed E-state index contributed by atoms with van der Waals surface area (Å²) in [6.45, 7) is 2.22. The molecule has 1 aliphatic carbocycles. The molecule has 2 unspecified atom stereocenters. The molecule has 0 saturated carbocycles. The highest BCUT2D eigenvalue weighted by molar-refractivity contribution is 7.98. The van der Waals surface area contributed by atoms with Gasteiger partial charge < -0.3 is 10.0 Å². The molecule has 1 aromatic heterocycles. The van der Waals surface area contributed by atoms with Crippen LogP contribution in [0.4, 0.5) is 5.13 Å². The Morgan fingerprint density at radius 1 is 1.61 bits per heavy atom. The van der Waals surface area contributed by atoms with E-state index in [0.29, 0.717) is 6.04 Å². The monoisotopic (exact) mass is 286 g/mol. The van der Waals surface area contributed by atoms with E-state index in [4.69, 9.17) is 4.98 Å². The van der Waals surface area contributed by atoms with Gasteiger partial charge >= 0.3 is 0 Å². The highest BCUT2D eigenvalue weighted by atomic mass is 32.2. The van der Waals surface area contributed by atoms with Gasteiger partial charge in [-0.1, -0.05) is 18.3 Å². The minimum absolute atomic E-state index is 0.283. The summed E-state index contributed by atoms with van der Waals surface area (Å²) in [6, 6.07) is 0.532. The third kappa shape index (κ3) is 2.83. The van der Waals surface area contributed by atoms with Crippen LogP contribution in [0.1, 0.15) is 42.9 Å². The number of nitrogens with zero attached hydrogens (tertiary/aromatic N) is 2. The Kier molecular flexibility index (Phi) is 4.92. The van der Waals surface area contributed by atoms with E-state index in [-0.39, 0.29) is 6.10 Å². The summed E-state index contributed by atoms with van der Waals surface area (Å²) in [6.07, 6.45) is 5.96. The lowest BCUT2D eigenvalue weighted by Crippen LogP contribution is -2.33. The van der Waals surface area contributed by atoms with Crippen LogP contribution < -0.4 is 4.90 Å². The van der Waals surface area contributed by atoms with Crippen molar-refractivity contribution in [3.8, 4) is 0 Å². The zero-order chi connectivity index (χ0) is 13.1. The average Bonchev–Trinajstić information content (AvgIpc) is 2.80. The molecule has 0 spiro atoms. The summed E-state index contributed by atoms with van der Waals surface area (Å²) < 4.78 is 0. The first-order valence-corrected chi connectivity index (χ1v) is 8.77. The highest BCUT2D eigenvalue weighted by Gasteiger charge is 2.25. The zero-order valence-electron chi connectivity index (χ0n) is 11.3. The van der Waals surface area contributed by atoms with E-state index in [2.05, 4.69) is 25.1 Å². The van der Waals surface area contributed by atoms with Gasteiger partial charge in [-0.15, -0.1) is 0 Å². The molecule has 1 heterocycles. The average molecular weight is 286 g/mol. The molecule has 1 N–H and O–H groups in total. The van der Waals surface area contributed by atoms with Gasteiger partial charge in [0.2, 0.25) is 0 Å². The predicted molar refractivity (Wildman–Crippen MR) is 80.9 cm³/mol. The van der Waals surface area contributed by atoms with Gasteiger partial charge in [-0.3, -0.25) is 0 Å². The van der Waals surface area contributed by atoms with E-state index in [1.165, 1.54) is 0 Å². The van der Waals surface area contributed by atoms with Crippen LogP contribution in [-0.2, 0) is 6.42 Å². The van der Waals surface area contributed by atoms with Crippen LogP contribution in [0.25, 0.3) is 0 Å². The van der Waals surface area contributed by atoms with Crippen molar-refractivity contribution in [2.45, 2.75) is 44.8 Å². The Balaban J connectivity index is 2.18. The Hall–Kier alpha value is -0.260. The molecule has 2 atom stereocenters. The lowest BCUT2D eigenvalue weighted by Gasteiger charge is -2.26. The number of anilines is 1. The number of thioether (sulfide) groups is 1. The van der Waals surface area contributed by atoms with Gasteiger partial charge in [0.05, 0.1) is 16.7 Å². The van der Waals surface area contributed by atoms with Crippen molar-refractivity contribution in [3.05, 3.63) is 10.6 Å². The maximum atomic E-state index is 10.0. The molecule has 0 saturated heterocycles. The van der Waals surface area contributed by atoms with Crippen molar-refractivity contribution in [2.24, 2.45) is 0 Å². The fourth-order valence-corrected chi connectivity index (χ4v) is 4.40. The van der Waals surface area contributed by atoms with Crippen molar-refractivity contribution < 1.29 is 5.11 Å². The van der Waals surface area contributed by atoms with Crippen molar-refractivity contribution in [2.75, 3.05) is 24.0 Å². The van der Waals surface area contributed by atoms with Crippen molar-refractivity contribution in [1.29, 1.82) is 0 Å². The molecule has 0 fully saturated rings. The Labute approximate surface area is 118 Å². The molecular weight excluding hydrogens is 264 g/mol. The molecule has 0 radical (unpaired) electrons. The van der Waals surface area contributed by atoms with Crippen LogP contribution in [0, 0.1) is 0 Å². The molecular formula is C13H22N2OS2. The van der Waals surface area contributed by atoms with Gasteiger partial charge in [-0.25, -0.2) is 4.98 Å². The Morgan fingerprint density at radius 2 is 2.39 bits per heavy atom. The van der Waals surface area contributed by atoms with E-state index < -0.39 is 0 Å². The molecule has 3 nitrogen and oxygen atoms in total. The van der Waals surface area contributed by atoms with Gasteiger partial charge in [0.1, 0.15) is 0 Å². The molecule has 0 aromatic carbocycles. The number of aryl methyl sites for hydroxylation is 1. The van der Waals surface area contributed by atoms with E-state index in [0.717, 1.165) is 47.1 Å². The first-order valence-electron chi connectivity index (χ1n) is 6.56. The summed E-state index contributed by atoms with van der Waals surface area (Å²) in [5.41, 5.74) is 1.12. The van der Waals surface area contributed by atoms with Crippen molar-refractivity contribution in [1.82, 2.24) is 4.98 Å². The van der Waals surface area contributed by atoms with Gasteiger partial charge in [0.15, 0.2) is 5.13 Å². The lowest BCUT2D eigenvalue weighted by atomic mass is 10.0. The van der Waals surface area contributed by atoms with Crippen LogP contribution in [0.5, 0.6) is 0 Å². The van der Waals surface area contributed by atoms with Crippen molar-refractivity contribution >= 4 is 28.2 Å². The number of aliphatic hydroxyl groups excluding tert-OH is 1. The number of aromatic nitrogens is 1. The molecule has 5 heteroatoms. The number of aliphatic hydroxyl groups is 1. The Bertz CT molecular complexity index is 394. The van der Waals surface area contributed by atoms with E-state index in [9.17, 15) is 5.11 Å². The normalized spacial score (nSPS) is 20.6. The van der Waals surface area contributed by atoms with E-state index in [1.807, 2.05) is 11.8 Å². The number of fused-ring (bicyclic) bond motifs is 1. The second kappa shape index (κ2) is 6.26. The summed E-state index contributed by atoms with van der Waals surface area (Å²) in [5.74, 6) is 1.12. The van der Waals surface area contributed by atoms with Gasteiger partial charge in [-0.2, -0.15) is 11.8 Å². The summed E-state index contributed by atoms with van der Waals surface area (Å²) >= 11 is 3.56. The molecule has 0 bridgehead atoms. The number of hydrogen-bond acceptors (Lipinski definition) is 5. The first kappa shape index (κ1) is 14.2. The first-order chi connectivity index (χ1) is 8.67. The van der Waals surface area contributed by atoms with Crippen LogP contribution >= 0.6 is 23.1 Å². The maximum Gasteiger partial charge on any atom is 0.185 e. The number of rotatable bonds is 5. The third-order valence-corrected chi connectivity index (χ3v) is 5.60. The van der Waals surface area contributed by atoms with Crippen LogP contribution in [0.3, 0.4) is 0 Å². The molecule has 0 aliphatic heterocycles. The van der Waals surface area contributed by atoms with Gasteiger partial charge in [-0.05, 0) is 31.9 Å². The third-order valence-electron chi connectivity index (χ3n) is 3.59. The molecule has 18 heavy (non-hydrogen) atoms. The minimum atomic E-state index is -0.283. The lowest BCUT2D eigenvalue weighted by molar-refractivity contribution is 0.160. The number of hydrogen-bond donors (Lipinski definition) is 1. The Morgan fingerprint density at radius 3 is 3.00 bits per heavy atom. The van der Waals surface area contributed by atoms with E-state index >= 15 is 0 Å². The highest BCUT2D eigenvalue weighted by Crippen LogP contribution is 2.37. The molecule has 1 aromatic rings.